The molecule has 0 unspecified atom stereocenters. The first kappa shape index (κ1) is 21.9. The van der Waals surface area contributed by atoms with Gasteiger partial charge in [0.15, 0.2) is 0 Å². The number of fused-ring (bicyclic) bond motifs is 1. The lowest BCUT2D eigenvalue weighted by Gasteiger charge is -2.31. The van der Waals surface area contributed by atoms with Crippen LogP contribution in [0.15, 0.2) is 63.4 Å². The highest BCUT2D eigenvalue weighted by atomic mass is 32.2. The van der Waals surface area contributed by atoms with E-state index in [-0.39, 0.29) is 18.0 Å². The normalized spacial score (nSPS) is 16.9. The molecule has 1 saturated heterocycles. The standard InChI is InChI=1S/C23H27N3O3S/c1-4-7-17-15-24-19-14-16(8-9-21(19)30-20(17)5-2)22(27)25-18-10-12-26(13-11-18)23(28)29-6-3/h4-5,7-9,14-15,18H,2,6,10-13H2,1,3H3,(H,25,27)/b7-4-. The Morgan fingerprint density at radius 2 is 2.13 bits per heavy atom. The molecule has 0 spiro atoms. The molecular formula is C23H27N3O3S. The molecule has 1 N–H and O–H groups in total. The molecule has 0 aliphatic carbocycles. The second kappa shape index (κ2) is 10.3. The molecule has 6 nitrogen and oxygen atoms in total. The maximum atomic E-state index is 12.8. The Morgan fingerprint density at radius 3 is 2.80 bits per heavy atom. The highest BCUT2D eigenvalue weighted by Gasteiger charge is 2.25. The van der Waals surface area contributed by atoms with Gasteiger partial charge in [0.05, 0.1) is 12.3 Å². The Hall–Kier alpha value is -2.80. The lowest BCUT2D eigenvalue weighted by Crippen LogP contribution is -2.46. The molecule has 2 amide bonds. The summed E-state index contributed by atoms with van der Waals surface area (Å²) in [6.07, 6.45) is 8.73. The highest BCUT2D eigenvalue weighted by Crippen LogP contribution is 2.39. The molecule has 158 valence electrons. The molecule has 0 radical (unpaired) electrons. The predicted molar refractivity (Wildman–Crippen MR) is 122 cm³/mol. The molecule has 2 aliphatic heterocycles. The van der Waals surface area contributed by atoms with E-state index in [4.69, 9.17) is 4.74 Å². The molecule has 1 aromatic rings. The van der Waals surface area contributed by atoms with Gasteiger partial charge in [0.1, 0.15) is 0 Å². The number of aliphatic imine (C=N–C) groups is 1. The third kappa shape index (κ3) is 5.21. The smallest absolute Gasteiger partial charge is 0.409 e. The molecule has 0 atom stereocenters. The first-order chi connectivity index (χ1) is 14.5. The van der Waals surface area contributed by atoms with E-state index in [0.717, 1.165) is 21.1 Å². The molecule has 0 aromatic heterocycles. The van der Waals surface area contributed by atoms with Crippen LogP contribution in [0.4, 0.5) is 10.5 Å². The van der Waals surface area contributed by atoms with Crippen molar-refractivity contribution in [3.05, 3.63) is 59.0 Å². The van der Waals surface area contributed by atoms with Crippen LogP contribution in [0.5, 0.6) is 0 Å². The predicted octanol–water partition coefficient (Wildman–Crippen LogP) is 4.86. The fourth-order valence-electron chi connectivity index (χ4n) is 3.38. The van der Waals surface area contributed by atoms with Gasteiger partial charge in [-0.3, -0.25) is 9.79 Å². The number of nitrogens with one attached hydrogen (secondary N) is 1. The van der Waals surface area contributed by atoms with Gasteiger partial charge in [-0.1, -0.05) is 36.6 Å². The minimum absolute atomic E-state index is 0.0372. The number of benzene rings is 1. The molecule has 1 fully saturated rings. The average molecular weight is 426 g/mol. The van der Waals surface area contributed by atoms with Crippen molar-refractivity contribution in [1.29, 1.82) is 0 Å². The number of carbonyl (C=O) groups is 2. The largest absolute Gasteiger partial charge is 0.450 e. The number of thioether (sulfide) groups is 1. The zero-order valence-corrected chi connectivity index (χ0v) is 18.2. The summed E-state index contributed by atoms with van der Waals surface area (Å²) in [5.74, 6) is -0.123. The van der Waals surface area contributed by atoms with Gasteiger partial charge in [-0.15, -0.1) is 0 Å². The first-order valence-corrected chi connectivity index (χ1v) is 10.9. The van der Waals surface area contributed by atoms with E-state index in [2.05, 4.69) is 16.9 Å². The van der Waals surface area contributed by atoms with Gasteiger partial charge >= 0.3 is 6.09 Å². The SMILES string of the molecule is C=CC1=C(/C=C\C)C=Nc2cc(C(=O)NC3CCN(C(=O)OCC)CC3)ccc2S1. The maximum absolute atomic E-state index is 12.8. The summed E-state index contributed by atoms with van der Waals surface area (Å²) >= 11 is 1.59. The highest BCUT2D eigenvalue weighted by molar-refractivity contribution is 8.03. The number of nitrogens with zero attached hydrogens (tertiary/aromatic N) is 2. The molecule has 2 heterocycles. The number of hydrogen-bond donors (Lipinski definition) is 1. The molecular weight excluding hydrogens is 398 g/mol. The lowest BCUT2D eigenvalue weighted by molar-refractivity contribution is 0.0860. The number of ether oxygens (including phenoxy) is 1. The fourth-order valence-corrected chi connectivity index (χ4v) is 4.29. The van der Waals surface area contributed by atoms with Gasteiger partial charge in [0.2, 0.25) is 0 Å². The van der Waals surface area contributed by atoms with Gasteiger partial charge in [-0.25, -0.2) is 4.79 Å². The monoisotopic (exact) mass is 425 g/mol. The summed E-state index contributed by atoms with van der Waals surface area (Å²) < 4.78 is 5.04. The second-order valence-corrected chi connectivity index (χ2v) is 8.08. The molecule has 0 saturated carbocycles. The van der Waals surface area contributed by atoms with Crippen LogP contribution in [-0.2, 0) is 4.74 Å². The molecule has 7 heteroatoms. The van der Waals surface area contributed by atoms with Crippen molar-refractivity contribution in [1.82, 2.24) is 10.2 Å². The number of piperidine rings is 1. The summed E-state index contributed by atoms with van der Waals surface area (Å²) in [5.41, 5.74) is 2.34. The number of amides is 2. The van der Waals surface area contributed by atoms with E-state index in [1.807, 2.05) is 49.6 Å². The molecule has 30 heavy (non-hydrogen) atoms. The zero-order chi connectivity index (χ0) is 21.5. The fraction of sp³-hybridized carbons (Fsp3) is 0.348. The molecule has 0 bridgehead atoms. The Kier molecular flexibility index (Phi) is 7.52. The van der Waals surface area contributed by atoms with E-state index >= 15 is 0 Å². The van der Waals surface area contributed by atoms with Crippen molar-refractivity contribution < 1.29 is 14.3 Å². The van der Waals surface area contributed by atoms with E-state index in [1.165, 1.54) is 0 Å². The van der Waals surface area contributed by atoms with Gasteiger partial charge in [0, 0.05) is 46.3 Å². The van der Waals surface area contributed by atoms with Crippen LogP contribution in [0.25, 0.3) is 0 Å². The quantitative estimate of drug-likeness (QED) is 0.731. The number of hydrogen-bond acceptors (Lipinski definition) is 5. The Labute approximate surface area is 181 Å². The Bertz CT molecular complexity index is 912. The van der Waals surface area contributed by atoms with Crippen molar-refractivity contribution in [3.63, 3.8) is 0 Å². The van der Waals surface area contributed by atoms with Gasteiger partial charge in [-0.05, 0) is 44.9 Å². The van der Waals surface area contributed by atoms with Gasteiger partial charge in [0.25, 0.3) is 5.91 Å². The third-order valence-corrected chi connectivity index (χ3v) is 6.14. The first-order valence-electron chi connectivity index (χ1n) is 10.1. The van der Waals surface area contributed by atoms with E-state index in [1.54, 1.807) is 23.6 Å². The van der Waals surface area contributed by atoms with Crippen molar-refractivity contribution in [2.24, 2.45) is 4.99 Å². The van der Waals surface area contributed by atoms with Crippen LogP contribution in [0, 0.1) is 0 Å². The summed E-state index contributed by atoms with van der Waals surface area (Å²) in [7, 11) is 0. The maximum Gasteiger partial charge on any atom is 0.409 e. The van der Waals surface area contributed by atoms with Crippen LogP contribution >= 0.6 is 11.8 Å². The number of likely N-dealkylation sites (tertiary alicyclic amines) is 1. The van der Waals surface area contributed by atoms with E-state index < -0.39 is 0 Å². The lowest BCUT2D eigenvalue weighted by atomic mass is 10.0. The van der Waals surface area contributed by atoms with Crippen LogP contribution in [0.2, 0.25) is 0 Å². The minimum atomic E-state index is -0.284. The second-order valence-electron chi connectivity index (χ2n) is 7.00. The van der Waals surface area contributed by atoms with Crippen LogP contribution in [0.3, 0.4) is 0 Å². The molecule has 1 aromatic carbocycles. The van der Waals surface area contributed by atoms with Gasteiger partial charge < -0.3 is 15.0 Å². The van der Waals surface area contributed by atoms with Crippen LogP contribution in [-0.4, -0.2) is 48.9 Å². The average Bonchev–Trinajstić information content (AvgIpc) is 2.93. The number of rotatable bonds is 5. The number of allylic oxidation sites excluding steroid dienone is 4. The summed E-state index contributed by atoms with van der Waals surface area (Å²) in [5, 5.41) is 3.08. The number of carbonyl (C=O) groups excluding carboxylic acids is 2. The molecule has 2 aliphatic rings. The Balaban J connectivity index is 1.65. The third-order valence-electron chi connectivity index (χ3n) is 4.96. The van der Waals surface area contributed by atoms with Crippen molar-refractivity contribution >= 4 is 35.7 Å². The van der Waals surface area contributed by atoms with Gasteiger partial charge in [-0.2, -0.15) is 0 Å². The van der Waals surface area contributed by atoms with E-state index in [9.17, 15) is 9.59 Å². The zero-order valence-electron chi connectivity index (χ0n) is 17.4. The van der Waals surface area contributed by atoms with Crippen molar-refractivity contribution in [3.8, 4) is 0 Å². The minimum Gasteiger partial charge on any atom is -0.450 e. The van der Waals surface area contributed by atoms with Crippen LogP contribution < -0.4 is 5.32 Å². The Morgan fingerprint density at radius 1 is 1.37 bits per heavy atom. The summed E-state index contributed by atoms with van der Waals surface area (Å²) in [4.78, 5) is 32.9. The topological polar surface area (TPSA) is 71.0 Å². The van der Waals surface area contributed by atoms with Crippen molar-refractivity contribution in [2.75, 3.05) is 19.7 Å². The van der Waals surface area contributed by atoms with E-state index in [0.29, 0.717) is 38.1 Å². The summed E-state index contributed by atoms with van der Waals surface area (Å²) in [6.45, 7) is 9.19. The van der Waals surface area contributed by atoms with Crippen LogP contribution in [0.1, 0.15) is 37.0 Å². The van der Waals surface area contributed by atoms with Crippen molar-refractivity contribution in [2.45, 2.75) is 37.6 Å². The molecule has 3 rings (SSSR count). The summed E-state index contributed by atoms with van der Waals surface area (Å²) in [6, 6.07) is 5.61.